The number of aromatic amines is 1. The van der Waals surface area contributed by atoms with Crippen molar-refractivity contribution in [3.05, 3.63) is 55.1 Å². The molecule has 6 heteroatoms. The fraction of sp³-hybridized carbons (Fsp3) is 0.389. The van der Waals surface area contributed by atoms with Gasteiger partial charge in [0.2, 0.25) is 5.91 Å². The minimum absolute atomic E-state index is 0.0324. The standard InChI is InChI=1S/C18H21N3O2S/c1-11-14(12(2)20-18(23)15(11)10-19)7-8-17(22)21(4)13(3)16-6-5-9-24-16/h5-6,9,13H,7-8H2,1-4H3,(H,20,23). The molecule has 2 aromatic heterocycles. The predicted molar refractivity (Wildman–Crippen MR) is 95.1 cm³/mol. The van der Waals surface area contributed by atoms with Crippen molar-refractivity contribution in [2.24, 2.45) is 0 Å². The molecule has 2 aromatic rings. The molecular weight excluding hydrogens is 322 g/mol. The molecule has 2 rings (SSSR count). The number of hydrogen-bond donors (Lipinski definition) is 1. The Hall–Kier alpha value is -2.39. The lowest BCUT2D eigenvalue weighted by atomic mass is 9.99. The lowest BCUT2D eigenvalue weighted by Crippen LogP contribution is -2.29. The van der Waals surface area contributed by atoms with Crippen molar-refractivity contribution in [3.8, 4) is 6.07 Å². The number of H-pyrrole nitrogens is 1. The second-order valence-electron chi connectivity index (χ2n) is 5.87. The maximum atomic E-state index is 12.5. The molecule has 2 heterocycles. The van der Waals surface area contributed by atoms with Crippen LogP contribution in [0.5, 0.6) is 0 Å². The Morgan fingerprint density at radius 3 is 2.75 bits per heavy atom. The van der Waals surface area contributed by atoms with E-state index in [0.717, 1.165) is 16.1 Å². The maximum Gasteiger partial charge on any atom is 0.266 e. The number of aromatic nitrogens is 1. The minimum Gasteiger partial charge on any atom is -0.338 e. The Kier molecular flexibility index (Phi) is 5.58. The molecule has 0 saturated heterocycles. The first-order valence-electron chi connectivity index (χ1n) is 7.78. The Morgan fingerprint density at radius 2 is 2.17 bits per heavy atom. The van der Waals surface area contributed by atoms with Gasteiger partial charge in [-0.05, 0) is 49.8 Å². The van der Waals surface area contributed by atoms with Crippen LogP contribution in [-0.2, 0) is 11.2 Å². The molecule has 0 aliphatic rings. The highest BCUT2D eigenvalue weighted by atomic mass is 32.1. The quantitative estimate of drug-likeness (QED) is 0.906. The van der Waals surface area contributed by atoms with Crippen LogP contribution >= 0.6 is 11.3 Å². The molecule has 0 fully saturated rings. The van der Waals surface area contributed by atoms with Crippen molar-refractivity contribution >= 4 is 17.2 Å². The Morgan fingerprint density at radius 1 is 1.46 bits per heavy atom. The van der Waals surface area contributed by atoms with Gasteiger partial charge in [-0.2, -0.15) is 5.26 Å². The smallest absolute Gasteiger partial charge is 0.266 e. The predicted octanol–water partition coefficient (Wildman–Crippen LogP) is 3.08. The van der Waals surface area contributed by atoms with Crippen LogP contribution in [-0.4, -0.2) is 22.8 Å². The third-order valence-corrected chi connectivity index (χ3v) is 5.48. The van der Waals surface area contributed by atoms with Crippen LogP contribution < -0.4 is 5.56 Å². The summed E-state index contributed by atoms with van der Waals surface area (Å²) >= 11 is 1.63. The van der Waals surface area contributed by atoms with Crippen LogP contribution in [0, 0.1) is 25.2 Å². The topological polar surface area (TPSA) is 77.0 Å². The van der Waals surface area contributed by atoms with Crippen molar-refractivity contribution in [3.63, 3.8) is 0 Å². The zero-order valence-electron chi connectivity index (χ0n) is 14.3. The molecule has 1 unspecified atom stereocenters. The molecule has 0 bridgehead atoms. The highest BCUT2D eigenvalue weighted by Gasteiger charge is 2.19. The molecular formula is C18H21N3O2S. The summed E-state index contributed by atoms with van der Waals surface area (Å²) < 4.78 is 0. The van der Waals surface area contributed by atoms with Crippen molar-refractivity contribution in [2.75, 3.05) is 7.05 Å². The van der Waals surface area contributed by atoms with E-state index in [-0.39, 0.29) is 23.1 Å². The number of nitrogens with zero attached hydrogens (tertiary/aromatic N) is 2. The van der Waals surface area contributed by atoms with Gasteiger partial charge in [-0.1, -0.05) is 6.07 Å². The Bertz CT molecular complexity index is 831. The van der Waals surface area contributed by atoms with Gasteiger partial charge in [-0.25, -0.2) is 0 Å². The first-order chi connectivity index (χ1) is 11.4. The molecule has 1 atom stereocenters. The number of carbonyl (C=O) groups excluding carboxylic acids is 1. The number of carbonyl (C=O) groups is 1. The lowest BCUT2D eigenvalue weighted by molar-refractivity contribution is -0.131. The fourth-order valence-electron chi connectivity index (χ4n) is 2.76. The van der Waals surface area contributed by atoms with Crippen LogP contribution in [0.2, 0.25) is 0 Å². The lowest BCUT2D eigenvalue weighted by Gasteiger charge is -2.24. The summed E-state index contributed by atoms with van der Waals surface area (Å²) in [6, 6.07) is 5.97. The van der Waals surface area contributed by atoms with Crippen LogP contribution in [0.15, 0.2) is 22.3 Å². The van der Waals surface area contributed by atoms with Gasteiger partial charge in [0.15, 0.2) is 0 Å². The average molecular weight is 343 g/mol. The fourth-order valence-corrected chi connectivity index (χ4v) is 3.59. The molecule has 0 aliphatic heterocycles. The monoisotopic (exact) mass is 343 g/mol. The summed E-state index contributed by atoms with van der Waals surface area (Å²) in [5.41, 5.74) is 2.02. The van der Waals surface area contributed by atoms with Gasteiger partial charge in [-0.15, -0.1) is 11.3 Å². The van der Waals surface area contributed by atoms with Crippen LogP contribution in [0.3, 0.4) is 0 Å². The number of pyridine rings is 1. The normalized spacial score (nSPS) is 11.8. The number of nitrogens with one attached hydrogen (secondary N) is 1. The highest BCUT2D eigenvalue weighted by molar-refractivity contribution is 7.10. The zero-order chi connectivity index (χ0) is 17.9. The van der Waals surface area contributed by atoms with Crippen molar-refractivity contribution < 1.29 is 4.79 Å². The van der Waals surface area contributed by atoms with Gasteiger partial charge < -0.3 is 9.88 Å². The SMILES string of the molecule is Cc1[nH]c(=O)c(C#N)c(C)c1CCC(=O)N(C)C(C)c1cccs1. The molecule has 1 N–H and O–H groups in total. The first kappa shape index (κ1) is 18.0. The summed E-state index contributed by atoms with van der Waals surface area (Å²) in [6.45, 7) is 5.57. The Labute approximate surface area is 145 Å². The molecule has 126 valence electrons. The van der Waals surface area contributed by atoms with Crippen molar-refractivity contribution in [2.45, 2.75) is 39.7 Å². The number of amides is 1. The number of hydrogen-bond acceptors (Lipinski definition) is 4. The van der Waals surface area contributed by atoms with E-state index in [9.17, 15) is 9.59 Å². The van der Waals surface area contributed by atoms with Gasteiger partial charge in [0, 0.05) is 24.0 Å². The summed E-state index contributed by atoms with van der Waals surface area (Å²) in [5, 5.41) is 11.1. The number of thiophene rings is 1. The Balaban J connectivity index is 2.12. The molecule has 0 radical (unpaired) electrons. The van der Waals surface area contributed by atoms with E-state index in [1.807, 2.05) is 30.5 Å². The average Bonchev–Trinajstić information content (AvgIpc) is 3.07. The van der Waals surface area contributed by atoms with Gasteiger partial charge in [0.05, 0.1) is 6.04 Å². The molecule has 0 spiro atoms. The largest absolute Gasteiger partial charge is 0.338 e. The molecule has 0 saturated carbocycles. The minimum atomic E-state index is -0.369. The van der Waals surface area contributed by atoms with E-state index >= 15 is 0 Å². The number of nitriles is 1. The summed E-state index contributed by atoms with van der Waals surface area (Å²) in [6.07, 6.45) is 0.842. The summed E-state index contributed by atoms with van der Waals surface area (Å²) in [7, 11) is 1.81. The van der Waals surface area contributed by atoms with Crippen LogP contribution in [0.4, 0.5) is 0 Å². The van der Waals surface area contributed by atoms with E-state index in [1.54, 1.807) is 37.1 Å². The zero-order valence-corrected chi connectivity index (χ0v) is 15.2. The van der Waals surface area contributed by atoms with E-state index in [2.05, 4.69) is 4.98 Å². The van der Waals surface area contributed by atoms with Gasteiger partial charge in [0.25, 0.3) is 5.56 Å². The third-order valence-electron chi connectivity index (χ3n) is 4.44. The van der Waals surface area contributed by atoms with Crippen LogP contribution in [0.1, 0.15) is 46.6 Å². The highest BCUT2D eigenvalue weighted by Crippen LogP contribution is 2.24. The third kappa shape index (κ3) is 3.57. The summed E-state index contributed by atoms with van der Waals surface area (Å²) in [4.78, 5) is 29.8. The van der Waals surface area contributed by atoms with Crippen molar-refractivity contribution in [1.82, 2.24) is 9.88 Å². The first-order valence-corrected chi connectivity index (χ1v) is 8.66. The van der Waals surface area contributed by atoms with Crippen LogP contribution in [0.25, 0.3) is 0 Å². The number of aryl methyl sites for hydroxylation is 1. The van der Waals surface area contributed by atoms with Gasteiger partial charge >= 0.3 is 0 Å². The molecule has 24 heavy (non-hydrogen) atoms. The van der Waals surface area contributed by atoms with E-state index in [0.29, 0.717) is 18.4 Å². The number of rotatable bonds is 5. The molecule has 1 amide bonds. The second-order valence-corrected chi connectivity index (χ2v) is 6.84. The maximum absolute atomic E-state index is 12.5. The van der Waals surface area contributed by atoms with Crippen molar-refractivity contribution in [1.29, 1.82) is 5.26 Å². The molecule has 5 nitrogen and oxygen atoms in total. The van der Waals surface area contributed by atoms with E-state index in [1.165, 1.54) is 0 Å². The molecule has 0 aliphatic carbocycles. The van der Waals surface area contributed by atoms with Gasteiger partial charge in [-0.3, -0.25) is 9.59 Å². The van der Waals surface area contributed by atoms with E-state index in [4.69, 9.17) is 5.26 Å². The molecule has 0 aromatic carbocycles. The summed E-state index contributed by atoms with van der Waals surface area (Å²) in [5.74, 6) is 0.0411. The van der Waals surface area contributed by atoms with E-state index < -0.39 is 0 Å². The second kappa shape index (κ2) is 7.45. The van der Waals surface area contributed by atoms with Gasteiger partial charge in [0.1, 0.15) is 11.6 Å².